The molecule has 0 spiro atoms. The van der Waals surface area contributed by atoms with Gasteiger partial charge in [0.1, 0.15) is 5.75 Å². The van der Waals surface area contributed by atoms with Crippen molar-refractivity contribution in [1.29, 1.82) is 0 Å². The maximum Gasteiger partial charge on any atom is 0.227 e. The monoisotopic (exact) mass is 365 g/mol. The van der Waals surface area contributed by atoms with Gasteiger partial charge in [-0.05, 0) is 24.1 Å². The molecule has 2 rings (SSSR count). The number of anilines is 1. The summed E-state index contributed by atoms with van der Waals surface area (Å²) in [5, 5.41) is 5.24. The first kappa shape index (κ1) is 18.3. The fourth-order valence-electron chi connectivity index (χ4n) is 1.92. The van der Waals surface area contributed by atoms with Crippen LogP contribution < -0.4 is 15.8 Å². The van der Waals surface area contributed by atoms with E-state index >= 15 is 0 Å². The molecule has 3 N–H and O–H groups in total. The third kappa shape index (κ3) is 6.21. The van der Waals surface area contributed by atoms with Crippen LogP contribution in [-0.4, -0.2) is 29.7 Å². The molecule has 0 saturated heterocycles. The number of nitrogens with one attached hydrogen (secondary N) is 1. The van der Waals surface area contributed by atoms with Crippen LogP contribution in [0.3, 0.4) is 0 Å². The molecule has 0 unspecified atom stereocenters. The van der Waals surface area contributed by atoms with Crippen molar-refractivity contribution in [2.75, 3.05) is 18.2 Å². The molecule has 0 bridgehead atoms. The summed E-state index contributed by atoms with van der Waals surface area (Å²) in [4.78, 5) is 27.0. The molecule has 0 aliphatic rings. The molecule has 6 nitrogen and oxygen atoms in total. The van der Waals surface area contributed by atoms with Gasteiger partial charge in [-0.3, -0.25) is 9.59 Å². The quantitative estimate of drug-likeness (QED) is 0.712. The van der Waals surface area contributed by atoms with Crippen LogP contribution >= 0.6 is 23.1 Å². The van der Waals surface area contributed by atoms with Gasteiger partial charge in [0.2, 0.25) is 11.8 Å². The van der Waals surface area contributed by atoms with E-state index in [1.165, 1.54) is 23.1 Å². The zero-order valence-corrected chi connectivity index (χ0v) is 14.9. The van der Waals surface area contributed by atoms with E-state index < -0.39 is 0 Å². The molecular formula is C16H19N3O3S2. The minimum absolute atomic E-state index is 0.0727. The first-order valence-electron chi connectivity index (χ1n) is 7.30. The molecule has 1 aromatic carbocycles. The van der Waals surface area contributed by atoms with Gasteiger partial charge in [-0.1, -0.05) is 12.1 Å². The predicted molar refractivity (Wildman–Crippen MR) is 97.4 cm³/mol. The molecule has 2 amide bonds. The van der Waals surface area contributed by atoms with Crippen molar-refractivity contribution in [2.45, 2.75) is 18.6 Å². The van der Waals surface area contributed by atoms with Crippen LogP contribution in [0.2, 0.25) is 0 Å². The Morgan fingerprint density at radius 1 is 1.33 bits per heavy atom. The highest BCUT2D eigenvalue weighted by Gasteiger charge is 2.08. The van der Waals surface area contributed by atoms with Gasteiger partial charge < -0.3 is 15.8 Å². The lowest BCUT2D eigenvalue weighted by Crippen LogP contribution is -2.13. The second-order valence-corrected chi connectivity index (χ2v) is 6.84. The summed E-state index contributed by atoms with van der Waals surface area (Å²) >= 11 is 2.78. The standard InChI is InChI=1S/C16H19N3O3S2/c1-22-13-5-2-11(3-6-13)4-7-15(21)19-16-18-12(9-24-16)8-23-10-14(17)20/h2-3,5-6,9H,4,7-8,10H2,1H3,(H2,17,20)(H,18,19,21). The molecule has 0 aliphatic heterocycles. The van der Waals surface area contributed by atoms with Crippen LogP contribution in [0.25, 0.3) is 0 Å². The number of amides is 2. The Balaban J connectivity index is 1.75. The number of hydrogen-bond donors (Lipinski definition) is 2. The minimum atomic E-state index is -0.345. The highest BCUT2D eigenvalue weighted by molar-refractivity contribution is 7.99. The fourth-order valence-corrected chi connectivity index (χ4v) is 3.41. The summed E-state index contributed by atoms with van der Waals surface area (Å²) in [7, 11) is 1.62. The lowest BCUT2D eigenvalue weighted by atomic mass is 10.1. The van der Waals surface area contributed by atoms with Crippen LogP contribution in [0.4, 0.5) is 5.13 Å². The second kappa shape index (κ2) is 9.29. The van der Waals surface area contributed by atoms with Crippen LogP contribution in [-0.2, 0) is 21.8 Å². The molecular weight excluding hydrogens is 346 g/mol. The van der Waals surface area contributed by atoms with E-state index in [2.05, 4.69) is 10.3 Å². The van der Waals surface area contributed by atoms with Gasteiger partial charge in [-0.25, -0.2) is 4.98 Å². The molecule has 0 fully saturated rings. The summed E-state index contributed by atoms with van der Waals surface area (Å²) in [6, 6.07) is 7.65. The highest BCUT2D eigenvalue weighted by atomic mass is 32.2. The number of ether oxygens (including phenoxy) is 1. The minimum Gasteiger partial charge on any atom is -0.497 e. The van der Waals surface area contributed by atoms with Crippen molar-refractivity contribution < 1.29 is 14.3 Å². The van der Waals surface area contributed by atoms with Gasteiger partial charge in [0, 0.05) is 17.6 Å². The summed E-state index contributed by atoms with van der Waals surface area (Å²) in [6.07, 6.45) is 1.04. The third-order valence-electron chi connectivity index (χ3n) is 3.09. The van der Waals surface area contributed by atoms with Crippen LogP contribution in [0.5, 0.6) is 5.75 Å². The number of thiazole rings is 1. The normalized spacial score (nSPS) is 10.4. The van der Waals surface area contributed by atoms with Crippen molar-refractivity contribution in [1.82, 2.24) is 4.98 Å². The Morgan fingerprint density at radius 3 is 2.75 bits per heavy atom. The average Bonchev–Trinajstić information content (AvgIpc) is 3.00. The number of aromatic nitrogens is 1. The molecule has 1 heterocycles. The Kier molecular flexibility index (Phi) is 7.07. The van der Waals surface area contributed by atoms with Crippen LogP contribution in [0.1, 0.15) is 17.7 Å². The third-order valence-corrected chi connectivity index (χ3v) is 4.89. The first-order chi connectivity index (χ1) is 11.6. The first-order valence-corrected chi connectivity index (χ1v) is 9.33. The van der Waals surface area contributed by atoms with Crippen LogP contribution in [0.15, 0.2) is 29.6 Å². The van der Waals surface area contributed by atoms with E-state index in [1.54, 1.807) is 7.11 Å². The maximum atomic E-state index is 12.0. The number of thioether (sulfide) groups is 1. The molecule has 24 heavy (non-hydrogen) atoms. The molecule has 0 atom stereocenters. The molecule has 0 aliphatic carbocycles. The van der Waals surface area contributed by atoms with Gasteiger partial charge in [-0.2, -0.15) is 0 Å². The lowest BCUT2D eigenvalue weighted by Gasteiger charge is -2.04. The van der Waals surface area contributed by atoms with E-state index in [0.717, 1.165) is 17.0 Å². The number of nitrogens with two attached hydrogens (primary N) is 1. The predicted octanol–water partition coefficient (Wildman–Crippen LogP) is 2.44. The van der Waals surface area contributed by atoms with E-state index in [-0.39, 0.29) is 17.6 Å². The van der Waals surface area contributed by atoms with Crippen molar-refractivity contribution in [3.8, 4) is 5.75 Å². The molecule has 2 aromatic rings. The smallest absolute Gasteiger partial charge is 0.227 e. The van der Waals surface area contributed by atoms with E-state index in [0.29, 0.717) is 23.7 Å². The summed E-state index contributed by atoms with van der Waals surface area (Å²) in [5.41, 5.74) is 6.99. The number of carbonyl (C=O) groups excluding carboxylic acids is 2. The zero-order chi connectivity index (χ0) is 17.4. The summed E-state index contributed by atoms with van der Waals surface area (Å²) in [5.74, 6) is 1.24. The number of rotatable bonds is 9. The van der Waals surface area contributed by atoms with Crippen molar-refractivity contribution in [3.63, 3.8) is 0 Å². The van der Waals surface area contributed by atoms with Gasteiger partial charge in [-0.15, -0.1) is 23.1 Å². The topological polar surface area (TPSA) is 94.3 Å². The van der Waals surface area contributed by atoms with E-state index in [9.17, 15) is 9.59 Å². The Morgan fingerprint density at radius 2 is 2.08 bits per heavy atom. The highest BCUT2D eigenvalue weighted by Crippen LogP contribution is 2.20. The Labute approximate surface area is 148 Å². The fraction of sp³-hybridized carbons (Fsp3) is 0.312. The van der Waals surface area contributed by atoms with Gasteiger partial charge >= 0.3 is 0 Å². The number of aryl methyl sites for hydroxylation is 1. The summed E-state index contributed by atoms with van der Waals surface area (Å²) in [6.45, 7) is 0. The van der Waals surface area contributed by atoms with Crippen molar-refractivity contribution >= 4 is 40.0 Å². The average molecular weight is 365 g/mol. The molecule has 0 saturated carbocycles. The molecule has 1 aromatic heterocycles. The largest absolute Gasteiger partial charge is 0.497 e. The zero-order valence-electron chi connectivity index (χ0n) is 13.3. The number of methoxy groups -OCH3 is 1. The molecule has 8 heteroatoms. The molecule has 128 valence electrons. The van der Waals surface area contributed by atoms with Gasteiger partial charge in [0.05, 0.1) is 18.6 Å². The second-order valence-electron chi connectivity index (χ2n) is 5.00. The van der Waals surface area contributed by atoms with Crippen LogP contribution in [0, 0.1) is 0 Å². The number of hydrogen-bond acceptors (Lipinski definition) is 6. The number of primary amides is 1. The number of nitrogens with zero attached hydrogens (tertiary/aromatic N) is 1. The molecule has 0 radical (unpaired) electrons. The number of carbonyl (C=O) groups is 2. The SMILES string of the molecule is COc1ccc(CCC(=O)Nc2nc(CSCC(N)=O)cs2)cc1. The maximum absolute atomic E-state index is 12.0. The van der Waals surface area contributed by atoms with E-state index in [4.69, 9.17) is 10.5 Å². The Hall–Kier alpha value is -2.06. The Bertz CT molecular complexity index is 686. The van der Waals surface area contributed by atoms with Gasteiger partial charge in [0.15, 0.2) is 5.13 Å². The van der Waals surface area contributed by atoms with Gasteiger partial charge in [0.25, 0.3) is 0 Å². The number of benzene rings is 1. The van der Waals surface area contributed by atoms with Crippen molar-refractivity contribution in [3.05, 3.63) is 40.9 Å². The lowest BCUT2D eigenvalue weighted by molar-refractivity contribution is -0.116. The summed E-state index contributed by atoms with van der Waals surface area (Å²) < 4.78 is 5.10. The van der Waals surface area contributed by atoms with Crippen molar-refractivity contribution in [2.24, 2.45) is 5.73 Å². The van der Waals surface area contributed by atoms with E-state index in [1.807, 2.05) is 29.6 Å².